The maximum Gasteiger partial charge on any atom is 0.271 e. The van der Waals surface area contributed by atoms with E-state index in [0.717, 1.165) is 16.6 Å². The minimum absolute atomic E-state index is 0.0351. The molecule has 0 atom stereocenters. The van der Waals surface area contributed by atoms with Gasteiger partial charge in [0.1, 0.15) is 18.0 Å². The maximum atomic E-state index is 12.5. The Morgan fingerprint density at radius 3 is 2.31 bits per heavy atom. The Labute approximate surface area is 172 Å². The first-order valence-electron chi connectivity index (χ1n) is 8.00. The van der Waals surface area contributed by atoms with E-state index in [2.05, 4.69) is 5.32 Å². The second-order valence-corrected chi connectivity index (χ2v) is 8.09. The Hall–Kier alpha value is -3.05. The molecule has 0 unspecified atom stereocenters. The number of nitro groups is 1. The van der Waals surface area contributed by atoms with Gasteiger partial charge >= 0.3 is 0 Å². The molecule has 2 rings (SSSR count). The first-order valence-corrected chi connectivity index (χ1v) is 10.2. The van der Waals surface area contributed by atoms with Gasteiger partial charge in [-0.1, -0.05) is 11.6 Å². The van der Waals surface area contributed by atoms with E-state index in [1.165, 1.54) is 44.6 Å². The average molecular weight is 444 g/mol. The van der Waals surface area contributed by atoms with Crippen LogP contribution in [0.15, 0.2) is 36.4 Å². The van der Waals surface area contributed by atoms with Crippen molar-refractivity contribution < 1.29 is 27.6 Å². The molecule has 0 spiro atoms. The van der Waals surface area contributed by atoms with Gasteiger partial charge in [0.05, 0.1) is 41.8 Å². The summed E-state index contributed by atoms with van der Waals surface area (Å²) in [6, 6.07) is 7.92. The fraction of sp³-hybridized carbons (Fsp3) is 0.235. The lowest BCUT2D eigenvalue weighted by Gasteiger charge is -2.22. The van der Waals surface area contributed by atoms with Gasteiger partial charge in [-0.3, -0.25) is 19.2 Å². The van der Waals surface area contributed by atoms with Gasteiger partial charge in [-0.05, 0) is 24.3 Å². The van der Waals surface area contributed by atoms with E-state index in [1.54, 1.807) is 0 Å². The molecule has 1 N–H and O–H groups in total. The summed E-state index contributed by atoms with van der Waals surface area (Å²) in [5.41, 5.74) is -0.0737. The van der Waals surface area contributed by atoms with Crippen molar-refractivity contribution in [1.82, 2.24) is 0 Å². The van der Waals surface area contributed by atoms with Gasteiger partial charge in [0.15, 0.2) is 0 Å². The molecular formula is C17H18ClN3O7S. The molecule has 156 valence electrons. The third-order valence-electron chi connectivity index (χ3n) is 3.78. The second-order valence-electron chi connectivity index (χ2n) is 5.78. The number of anilines is 2. The number of benzene rings is 2. The number of hydrogen-bond acceptors (Lipinski definition) is 7. The fourth-order valence-corrected chi connectivity index (χ4v) is 3.54. The number of amides is 1. The van der Waals surface area contributed by atoms with Crippen molar-refractivity contribution in [3.63, 3.8) is 0 Å². The van der Waals surface area contributed by atoms with Crippen molar-refractivity contribution in [3.05, 3.63) is 51.5 Å². The number of non-ortho nitro benzene ring substituents is 1. The Morgan fingerprint density at radius 1 is 1.17 bits per heavy atom. The topological polar surface area (TPSA) is 128 Å². The van der Waals surface area contributed by atoms with Gasteiger partial charge < -0.3 is 14.8 Å². The van der Waals surface area contributed by atoms with Crippen LogP contribution in [0.5, 0.6) is 11.5 Å². The molecule has 1 amide bonds. The number of ether oxygens (including phenoxy) is 2. The van der Waals surface area contributed by atoms with Crippen LogP contribution in [0.1, 0.15) is 0 Å². The number of nitrogens with one attached hydrogen (secondary N) is 1. The molecule has 0 aliphatic carbocycles. The molecule has 2 aromatic carbocycles. The number of carbonyl (C=O) groups is 1. The summed E-state index contributed by atoms with van der Waals surface area (Å²) in [6.07, 6.45) is 0.937. The number of nitro benzene ring substituents is 1. The lowest BCUT2D eigenvalue weighted by molar-refractivity contribution is -0.384. The number of halogens is 1. The zero-order valence-corrected chi connectivity index (χ0v) is 17.3. The molecule has 29 heavy (non-hydrogen) atoms. The third-order valence-corrected chi connectivity index (χ3v) is 5.21. The van der Waals surface area contributed by atoms with Crippen molar-refractivity contribution in [2.75, 3.05) is 36.6 Å². The number of methoxy groups -OCH3 is 2. The summed E-state index contributed by atoms with van der Waals surface area (Å²) in [6.45, 7) is -0.590. The highest BCUT2D eigenvalue weighted by atomic mass is 35.5. The normalized spacial score (nSPS) is 10.9. The summed E-state index contributed by atoms with van der Waals surface area (Å²) in [4.78, 5) is 22.8. The Morgan fingerprint density at radius 2 is 1.79 bits per heavy atom. The SMILES string of the molecule is COc1ccc(N(CC(=O)Nc2cc([N+](=O)[O-])ccc2OC)S(C)(=O)=O)cc1Cl. The zero-order valence-electron chi connectivity index (χ0n) is 15.7. The number of rotatable bonds is 8. The number of hydrogen-bond donors (Lipinski definition) is 1. The summed E-state index contributed by atoms with van der Waals surface area (Å²) in [5.74, 6) is -0.210. The van der Waals surface area contributed by atoms with Crippen LogP contribution in [0.25, 0.3) is 0 Å². The highest BCUT2D eigenvalue weighted by Crippen LogP contribution is 2.31. The van der Waals surface area contributed by atoms with Crippen molar-refractivity contribution in [3.8, 4) is 11.5 Å². The molecule has 0 saturated carbocycles. The number of sulfonamides is 1. The van der Waals surface area contributed by atoms with E-state index in [-0.39, 0.29) is 27.8 Å². The Bertz CT molecular complexity index is 1040. The lowest BCUT2D eigenvalue weighted by atomic mass is 10.2. The van der Waals surface area contributed by atoms with E-state index in [9.17, 15) is 23.3 Å². The highest BCUT2D eigenvalue weighted by Gasteiger charge is 2.23. The Balaban J connectivity index is 2.31. The van der Waals surface area contributed by atoms with E-state index >= 15 is 0 Å². The summed E-state index contributed by atoms with van der Waals surface area (Å²) >= 11 is 6.05. The van der Waals surface area contributed by atoms with E-state index in [1.807, 2.05) is 0 Å². The Kier molecular flexibility index (Phi) is 6.88. The van der Waals surface area contributed by atoms with Gasteiger partial charge in [-0.25, -0.2) is 8.42 Å². The zero-order chi connectivity index (χ0) is 21.8. The summed E-state index contributed by atoms with van der Waals surface area (Å²) in [5, 5.41) is 13.6. The van der Waals surface area contributed by atoms with Crippen LogP contribution < -0.4 is 19.1 Å². The minimum Gasteiger partial charge on any atom is -0.495 e. The van der Waals surface area contributed by atoms with E-state index in [0.29, 0.717) is 5.75 Å². The van der Waals surface area contributed by atoms with Gasteiger partial charge in [0.2, 0.25) is 15.9 Å². The van der Waals surface area contributed by atoms with Gasteiger partial charge in [-0.2, -0.15) is 0 Å². The van der Waals surface area contributed by atoms with E-state index in [4.69, 9.17) is 21.1 Å². The largest absolute Gasteiger partial charge is 0.495 e. The number of nitrogens with zero attached hydrogens (tertiary/aromatic N) is 2. The van der Waals surface area contributed by atoms with Crippen LogP contribution in [0.4, 0.5) is 17.1 Å². The molecular weight excluding hydrogens is 426 g/mol. The van der Waals surface area contributed by atoms with Crippen LogP contribution >= 0.6 is 11.6 Å². The van der Waals surface area contributed by atoms with Crippen LogP contribution in [0.3, 0.4) is 0 Å². The molecule has 12 heteroatoms. The molecule has 0 saturated heterocycles. The standard InChI is InChI=1S/C17H18ClN3O7S/c1-27-15-6-4-11(8-13(15)18)20(29(3,25)26)10-17(22)19-14-9-12(21(23)24)5-7-16(14)28-2/h4-9H,10H2,1-3H3,(H,19,22). The molecule has 10 nitrogen and oxygen atoms in total. The monoisotopic (exact) mass is 443 g/mol. The van der Waals surface area contributed by atoms with Crippen LogP contribution in [0.2, 0.25) is 5.02 Å². The van der Waals surface area contributed by atoms with Gasteiger partial charge in [0, 0.05) is 12.1 Å². The summed E-state index contributed by atoms with van der Waals surface area (Å²) in [7, 11) is -1.10. The minimum atomic E-state index is -3.85. The third kappa shape index (κ3) is 5.48. The molecule has 0 heterocycles. The molecule has 0 aliphatic heterocycles. The summed E-state index contributed by atoms with van der Waals surface area (Å²) < 4.78 is 35.4. The smallest absolute Gasteiger partial charge is 0.271 e. The average Bonchev–Trinajstić information content (AvgIpc) is 2.65. The lowest BCUT2D eigenvalue weighted by Crippen LogP contribution is -2.37. The van der Waals surface area contributed by atoms with Gasteiger partial charge in [-0.15, -0.1) is 0 Å². The van der Waals surface area contributed by atoms with Crippen molar-refractivity contribution >= 4 is 44.6 Å². The van der Waals surface area contributed by atoms with Crippen LogP contribution in [0, 0.1) is 10.1 Å². The predicted octanol–water partition coefficient (Wildman–Crippen LogP) is 2.67. The molecule has 0 fully saturated rings. The fourth-order valence-electron chi connectivity index (χ4n) is 2.44. The van der Waals surface area contributed by atoms with Crippen LogP contribution in [-0.4, -0.2) is 46.3 Å². The van der Waals surface area contributed by atoms with E-state index < -0.39 is 27.4 Å². The van der Waals surface area contributed by atoms with Crippen molar-refractivity contribution in [2.24, 2.45) is 0 Å². The molecule has 0 radical (unpaired) electrons. The highest BCUT2D eigenvalue weighted by molar-refractivity contribution is 7.92. The first-order chi connectivity index (χ1) is 13.6. The maximum absolute atomic E-state index is 12.5. The molecule has 2 aromatic rings. The molecule has 0 aliphatic rings. The van der Waals surface area contributed by atoms with Gasteiger partial charge in [0.25, 0.3) is 5.69 Å². The quantitative estimate of drug-likeness (QED) is 0.490. The molecule has 0 aromatic heterocycles. The number of carbonyl (C=O) groups excluding carboxylic acids is 1. The first kappa shape index (κ1) is 22.2. The predicted molar refractivity (Wildman–Crippen MR) is 108 cm³/mol. The van der Waals surface area contributed by atoms with Crippen molar-refractivity contribution in [2.45, 2.75) is 0 Å². The van der Waals surface area contributed by atoms with Crippen molar-refractivity contribution in [1.29, 1.82) is 0 Å². The molecule has 0 bridgehead atoms. The second kappa shape index (κ2) is 8.97. The van der Waals surface area contributed by atoms with Crippen LogP contribution in [-0.2, 0) is 14.8 Å².